The highest BCUT2D eigenvalue weighted by Crippen LogP contribution is 2.43. The molecule has 4 nitrogen and oxygen atoms in total. The van der Waals surface area contributed by atoms with Gasteiger partial charge in [0.05, 0.1) is 5.41 Å². The van der Waals surface area contributed by atoms with Crippen LogP contribution in [0.25, 0.3) is 0 Å². The lowest BCUT2D eigenvalue weighted by molar-refractivity contribution is -0.163. The van der Waals surface area contributed by atoms with Crippen molar-refractivity contribution in [3.63, 3.8) is 0 Å². The van der Waals surface area contributed by atoms with Gasteiger partial charge in [0.1, 0.15) is 0 Å². The van der Waals surface area contributed by atoms with Crippen molar-refractivity contribution in [2.45, 2.75) is 25.7 Å². The van der Waals surface area contributed by atoms with E-state index < -0.39 is 11.4 Å². The summed E-state index contributed by atoms with van der Waals surface area (Å²) in [7, 11) is 0. The summed E-state index contributed by atoms with van der Waals surface area (Å²) >= 11 is 0. The predicted molar refractivity (Wildman–Crippen MR) is 53.7 cm³/mol. The van der Waals surface area contributed by atoms with Crippen LogP contribution in [-0.2, 0) is 14.3 Å². The van der Waals surface area contributed by atoms with Crippen molar-refractivity contribution >= 4 is 5.97 Å². The fraction of sp³-hybridized carbons (Fsp3) is 0.909. The van der Waals surface area contributed by atoms with Crippen LogP contribution in [0.15, 0.2) is 0 Å². The van der Waals surface area contributed by atoms with E-state index in [2.05, 4.69) is 0 Å². The van der Waals surface area contributed by atoms with Gasteiger partial charge in [-0.2, -0.15) is 0 Å². The van der Waals surface area contributed by atoms with Gasteiger partial charge in [-0.25, -0.2) is 0 Å². The van der Waals surface area contributed by atoms with Gasteiger partial charge in [0, 0.05) is 26.4 Å². The third kappa shape index (κ3) is 2.01. The molecule has 4 heteroatoms. The Morgan fingerprint density at radius 1 is 1.07 bits per heavy atom. The molecule has 0 bridgehead atoms. The zero-order valence-electron chi connectivity index (χ0n) is 8.91. The average Bonchev–Trinajstić information content (AvgIpc) is 2.31. The zero-order valence-corrected chi connectivity index (χ0v) is 8.91. The number of aliphatic carboxylic acids is 1. The maximum absolute atomic E-state index is 11.5. The van der Waals surface area contributed by atoms with Gasteiger partial charge in [0.25, 0.3) is 0 Å². The standard InChI is InChI=1S/C11H18O4/c12-10(13)11(3-7-15-8-4-11)9-1-5-14-6-2-9/h9H,1-8H2,(H,12,13). The minimum atomic E-state index is -0.641. The second kappa shape index (κ2) is 4.49. The molecule has 0 saturated carbocycles. The summed E-state index contributed by atoms with van der Waals surface area (Å²) in [5.41, 5.74) is -0.540. The lowest BCUT2D eigenvalue weighted by Crippen LogP contribution is -2.45. The molecule has 0 aromatic heterocycles. The van der Waals surface area contributed by atoms with E-state index in [9.17, 15) is 9.90 Å². The van der Waals surface area contributed by atoms with Gasteiger partial charge in [-0.05, 0) is 31.6 Å². The molecule has 0 aromatic rings. The molecule has 0 radical (unpaired) electrons. The molecule has 15 heavy (non-hydrogen) atoms. The molecular formula is C11H18O4. The van der Waals surface area contributed by atoms with Gasteiger partial charge in [0.2, 0.25) is 0 Å². The highest BCUT2D eigenvalue weighted by atomic mass is 16.5. The Balaban J connectivity index is 2.12. The van der Waals surface area contributed by atoms with Gasteiger partial charge >= 0.3 is 5.97 Å². The van der Waals surface area contributed by atoms with Crippen LogP contribution < -0.4 is 0 Å². The van der Waals surface area contributed by atoms with Crippen molar-refractivity contribution in [1.29, 1.82) is 0 Å². The Labute approximate surface area is 89.6 Å². The SMILES string of the molecule is O=C(O)C1(C2CCOCC2)CCOCC1. The van der Waals surface area contributed by atoms with Crippen LogP contribution in [0.1, 0.15) is 25.7 Å². The van der Waals surface area contributed by atoms with Gasteiger partial charge in [0.15, 0.2) is 0 Å². The number of hydrogen-bond acceptors (Lipinski definition) is 3. The summed E-state index contributed by atoms with van der Waals surface area (Å²) in [5.74, 6) is -0.370. The van der Waals surface area contributed by atoms with Crippen molar-refractivity contribution in [1.82, 2.24) is 0 Å². The average molecular weight is 214 g/mol. The second-order valence-corrected chi connectivity index (χ2v) is 4.46. The number of ether oxygens (including phenoxy) is 2. The molecule has 0 atom stereocenters. The van der Waals surface area contributed by atoms with E-state index in [0.29, 0.717) is 39.3 Å². The quantitative estimate of drug-likeness (QED) is 0.752. The first-order valence-corrected chi connectivity index (χ1v) is 5.64. The van der Waals surface area contributed by atoms with E-state index in [1.165, 1.54) is 0 Å². The van der Waals surface area contributed by atoms with Crippen molar-refractivity contribution in [3.8, 4) is 0 Å². The first-order valence-electron chi connectivity index (χ1n) is 5.64. The van der Waals surface area contributed by atoms with Crippen molar-refractivity contribution in [2.75, 3.05) is 26.4 Å². The first kappa shape index (κ1) is 10.9. The van der Waals surface area contributed by atoms with E-state index in [1.807, 2.05) is 0 Å². The van der Waals surface area contributed by atoms with E-state index >= 15 is 0 Å². The maximum atomic E-state index is 11.5. The largest absolute Gasteiger partial charge is 0.481 e. The molecule has 0 unspecified atom stereocenters. The summed E-state index contributed by atoms with van der Waals surface area (Å²) in [6.07, 6.45) is 3.08. The highest BCUT2D eigenvalue weighted by molar-refractivity contribution is 5.75. The Morgan fingerprint density at radius 3 is 2.13 bits per heavy atom. The van der Waals surface area contributed by atoms with Crippen LogP contribution in [0, 0.1) is 11.3 Å². The second-order valence-electron chi connectivity index (χ2n) is 4.46. The van der Waals surface area contributed by atoms with Gasteiger partial charge in [-0.15, -0.1) is 0 Å². The smallest absolute Gasteiger partial charge is 0.310 e. The Hall–Kier alpha value is -0.610. The van der Waals surface area contributed by atoms with Gasteiger partial charge < -0.3 is 14.6 Å². The lowest BCUT2D eigenvalue weighted by atomic mass is 9.67. The highest BCUT2D eigenvalue weighted by Gasteiger charge is 2.46. The minimum absolute atomic E-state index is 0.271. The third-order valence-corrected chi connectivity index (χ3v) is 3.81. The molecule has 86 valence electrons. The number of hydrogen-bond donors (Lipinski definition) is 1. The summed E-state index contributed by atoms with van der Waals surface area (Å²) < 4.78 is 10.6. The van der Waals surface area contributed by atoms with Crippen molar-refractivity contribution < 1.29 is 19.4 Å². The molecule has 2 aliphatic heterocycles. The van der Waals surface area contributed by atoms with Crippen molar-refractivity contribution in [2.24, 2.45) is 11.3 Å². The summed E-state index contributed by atoms with van der Waals surface area (Å²) in [4.78, 5) is 11.5. The maximum Gasteiger partial charge on any atom is 0.310 e. The van der Waals surface area contributed by atoms with Crippen LogP contribution in [0.2, 0.25) is 0 Å². The number of carboxylic acid groups (broad SMARTS) is 1. The molecule has 2 rings (SSSR count). The van der Waals surface area contributed by atoms with E-state index in [-0.39, 0.29) is 5.92 Å². The van der Waals surface area contributed by atoms with Gasteiger partial charge in [-0.3, -0.25) is 4.79 Å². The molecule has 0 aromatic carbocycles. The Bertz CT molecular complexity index is 227. The predicted octanol–water partition coefficient (Wildman–Crippen LogP) is 1.29. The number of carbonyl (C=O) groups is 1. The molecule has 2 saturated heterocycles. The molecule has 2 heterocycles. The minimum Gasteiger partial charge on any atom is -0.481 e. The van der Waals surface area contributed by atoms with E-state index in [4.69, 9.17) is 9.47 Å². The number of rotatable bonds is 2. The lowest BCUT2D eigenvalue weighted by Gasteiger charge is -2.41. The molecule has 2 fully saturated rings. The van der Waals surface area contributed by atoms with E-state index in [0.717, 1.165) is 12.8 Å². The summed E-state index contributed by atoms with van der Waals surface area (Å²) in [6.45, 7) is 2.59. The topological polar surface area (TPSA) is 55.8 Å². The first-order chi connectivity index (χ1) is 7.26. The van der Waals surface area contributed by atoms with Gasteiger partial charge in [-0.1, -0.05) is 0 Å². The monoisotopic (exact) mass is 214 g/mol. The normalized spacial score (nSPS) is 27.5. The number of carboxylic acids is 1. The van der Waals surface area contributed by atoms with E-state index in [1.54, 1.807) is 0 Å². The Morgan fingerprint density at radius 2 is 1.60 bits per heavy atom. The fourth-order valence-corrected chi connectivity index (χ4v) is 2.78. The summed E-state index contributed by atoms with van der Waals surface area (Å²) in [6, 6.07) is 0. The Kier molecular flexibility index (Phi) is 3.26. The molecule has 2 aliphatic rings. The third-order valence-electron chi connectivity index (χ3n) is 3.81. The van der Waals surface area contributed by atoms with Crippen LogP contribution >= 0.6 is 0 Å². The zero-order chi connectivity index (χ0) is 10.7. The molecule has 0 aliphatic carbocycles. The van der Waals surface area contributed by atoms with Crippen LogP contribution in [0.5, 0.6) is 0 Å². The van der Waals surface area contributed by atoms with Crippen molar-refractivity contribution in [3.05, 3.63) is 0 Å². The summed E-state index contributed by atoms with van der Waals surface area (Å²) in [5, 5.41) is 9.44. The molecule has 1 N–H and O–H groups in total. The van der Waals surface area contributed by atoms with Crippen LogP contribution in [0.3, 0.4) is 0 Å². The fourth-order valence-electron chi connectivity index (χ4n) is 2.78. The molecular weight excluding hydrogens is 196 g/mol. The van der Waals surface area contributed by atoms with Crippen LogP contribution in [0.4, 0.5) is 0 Å². The molecule has 0 amide bonds. The van der Waals surface area contributed by atoms with Crippen LogP contribution in [-0.4, -0.2) is 37.5 Å². The molecule has 0 spiro atoms.